The molecule has 0 spiro atoms. The Balaban J connectivity index is 1.52. The van der Waals surface area contributed by atoms with E-state index in [0.717, 1.165) is 42.1 Å². The van der Waals surface area contributed by atoms with E-state index in [1.807, 2.05) is 37.3 Å². The predicted molar refractivity (Wildman–Crippen MR) is 120 cm³/mol. The number of ether oxygens (including phenoxy) is 3. The summed E-state index contributed by atoms with van der Waals surface area (Å²) in [7, 11) is 1.68. The zero-order chi connectivity index (χ0) is 21.2. The van der Waals surface area contributed by atoms with Gasteiger partial charge in [-0.15, -0.1) is 0 Å². The van der Waals surface area contributed by atoms with Crippen LogP contribution >= 0.6 is 11.6 Å². The lowest BCUT2D eigenvalue weighted by molar-refractivity contribution is 0.269. The third-order valence-corrected chi connectivity index (χ3v) is 4.79. The average Bonchev–Trinajstić information content (AvgIpc) is 2.78. The van der Waals surface area contributed by atoms with Crippen molar-refractivity contribution in [1.29, 1.82) is 0 Å². The number of aromatic nitrogens is 1. The van der Waals surface area contributed by atoms with Crippen molar-refractivity contribution < 1.29 is 14.2 Å². The Hall–Kier alpha value is -2.76. The van der Waals surface area contributed by atoms with E-state index < -0.39 is 0 Å². The summed E-state index contributed by atoms with van der Waals surface area (Å²) in [6, 6.07) is 17.9. The van der Waals surface area contributed by atoms with E-state index in [9.17, 15) is 0 Å². The van der Waals surface area contributed by atoms with Gasteiger partial charge in [-0.2, -0.15) is 0 Å². The Labute approximate surface area is 183 Å². The van der Waals surface area contributed by atoms with Gasteiger partial charge in [0.05, 0.1) is 13.7 Å². The van der Waals surface area contributed by atoms with Crippen molar-refractivity contribution in [3.8, 4) is 17.2 Å². The molecule has 0 saturated heterocycles. The third kappa shape index (κ3) is 6.65. The Kier molecular flexibility index (Phi) is 8.36. The highest BCUT2D eigenvalue weighted by molar-refractivity contribution is 6.29. The van der Waals surface area contributed by atoms with Crippen LogP contribution in [0.25, 0.3) is 0 Å². The van der Waals surface area contributed by atoms with Crippen molar-refractivity contribution in [2.45, 2.75) is 26.5 Å². The second-order valence-electron chi connectivity index (χ2n) is 6.77. The maximum atomic E-state index is 5.93. The van der Waals surface area contributed by atoms with Gasteiger partial charge in [-0.25, -0.2) is 4.98 Å². The first-order valence-electron chi connectivity index (χ1n) is 10.0. The molecule has 1 N–H and O–H groups in total. The molecule has 1 heterocycles. The molecule has 2 aromatic carbocycles. The fourth-order valence-electron chi connectivity index (χ4n) is 2.96. The predicted octanol–water partition coefficient (Wildman–Crippen LogP) is 5.05. The van der Waals surface area contributed by atoms with Crippen LogP contribution in [0.5, 0.6) is 17.2 Å². The number of methoxy groups -OCH3 is 1. The molecule has 0 aliphatic carbocycles. The average molecular weight is 427 g/mol. The van der Waals surface area contributed by atoms with Crippen LogP contribution in [0, 0.1) is 0 Å². The topological polar surface area (TPSA) is 52.6 Å². The summed E-state index contributed by atoms with van der Waals surface area (Å²) < 4.78 is 16.9. The SMILES string of the molecule is CCOc1cc(CNCCc2ccc(OC)cc2)ccc1OCc1ccc(Cl)nc1. The standard InChI is InChI=1S/C24H27ClN2O3/c1-3-29-23-14-19(15-26-13-12-18-4-8-21(28-2)9-5-18)6-10-22(23)30-17-20-7-11-24(25)27-16-20/h4-11,14,16,26H,3,12-13,15,17H2,1-2H3. The second kappa shape index (κ2) is 11.4. The molecule has 0 aliphatic heterocycles. The lowest BCUT2D eigenvalue weighted by atomic mass is 10.1. The number of hydrogen-bond acceptors (Lipinski definition) is 5. The Morgan fingerprint density at radius 3 is 2.37 bits per heavy atom. The van der Waals surface area contributed by atoms with Crippen LogP contribution < -0.4 is 19.5 Å². The number of nitrogens with zero attached hydrogens (tertiary/aromatic N) is 1. The molecule has 158 valence electrons. The lowest BCUT2D eigenvalue weighted by Gasteiger charge is -2.14. The van der Waals surface area contributed by atoms with Crippen molar-refractivity contribution in [3.05, 3.63) is 82.6 Å². The maximum Gasteiger partial charge on any atom is 0.161 e. The smallest absolute Gasteiger partial charge is 0.161 e. The van der Waals surface area contributed by atoms with Crippen LogP contribution in [0.2, 0.25) is 5.15 Å². The number of pyridine rings is 1. The Bertz CT molecular complexity index is 915. The fraction of sp³-hybridized carbons (Fsp3) is 0.292. The summed E-state index contributed by atoms with van der Waals surface area (Å²) in [6.45, 7) is 4.60. The van der Waals surface area contributed by atoms with Crippen LogP contribution in [-0.4, -0.2) is 25.2 Å². The number of rotatable bonds is 11. The van der Waals surface area contributed by atoms with E-state index in [0.29, 0.717) is 24.1 Å². The van der Waals surface area contributed by atoms with Gasteiger partial charge in [0.2, 0.25) is 0 Å². The maximum absolute atomic E-state index is 5.93. The Morgan fingerprint density at radius 2 is 1.67 bits per heavy atom. The van der Waals surface area contributed by atoms with Gasteiger partial charge >= 0.3 is 0 Å². The molecule has 5 nitrogen and oxygen atoms in total. The third-order valence-electron chi connectivity index (χ3n) is 4.57. The summed E-state index contributed by atoms with van der Waals surface area (Å²) in [5, 5.41) is 3.95. The van der Waals surface area contributed by atoms with Gasteiger partial charge in [-0.05, 0) is 61.3 Å². The van der Waals surface area contributed by atoms with Gasteiger partial charge in [0.15, 0.2) is 11.5 Å². The minimum atomic E-state index is 0.406. The molecular formula is C24H27ClN2O3. The van der Waals surface area contributed by atoms with Crippen LogP contribution in [0.15, 0.2) is 60.8 Å². The van der Waals surface area contributed by atoms with Gasteiger partial charge in [0.1, 0.15) is 17.5 Å². The first-order chi connectivity index (χ1) is 14.7. The van der Waals surface area contributed by atoms with Crippen molar-refractivity contribution >= 4 is 11.6 Å². The highest BCUT2D eigenvalue weighted by Crippen LogP contribution is 2.29. The minimum Gasteiger partial charge on any atom is -0.497 e. The zero-order valence-corrected chi connectivity index (χ0v) is 18.1. The lowest BCUT2D eigenvalue weighted by Crippen LogP contribution is -2.16. The van der Waals surface area contributed by atoms with E-state index in [4.69, 9.17) is 25.8 Å². The molecule has 0 bridgehead atoms. The van der Waals surface area contributed by atoms with Crippen LogP contribution in [0.4, 0.5) is 0 Å². The quantitative estimate of drug-likeness (QED) is 0.343. The zero-order valence-electron chi connectivity index (χ0n) is 17.4. The van der Waals surface area contributed by atoms with E-state index in [1.165, 1.54) is 5.56 Å². The van der Waals surface area contributed by atoms with E-state index in [2.05, 4.69) is 28.5 Å². The molecule has 30 heavy (non-hydrogen) atoms. The minimum absolute atomic E-state index is 0.406. The van der Waals surface area contributed by atoms with Crippen molar-refractivity contribution in [2.24, 2.45) is 0 Å². The van der Waals surface area contributed by atoms with Crippen LogP contribution in [0.3, 0.4) is 0 Å². The molecule has 6 heteroatoms. The van der Waals surface area contributed by atoms with Gasteiger partial charge < -0.3 is 19.5 Å². The Morgan fingerprint density at radius 1 is 0.900 bits per heavy atom. The molecular weight excluding hydrogens is 400 g/mol. The van der Waals surface area contributed by atoms with E-state index in [1.54, 1.807) is 19.4 Å². The molecule has 1 aromatic heterocycles. The first-order valence-corrected chi connectivity index (χ1v) is 10.4. The molecule has 0 fully saturated rings. The summed E-state index contributed by atoms with van der Waals surface area (Å²) in [4.78, 5) is 4.08. The largest absolute Gasteiger partial charge is 0.497 e. The van der Waals surface area contributed by atoms with E-state index in [-0.39, 0.29) is 0 Å². The molecule has 0 amide bonds. The van der Waals surface area contributed by atoms with Gasteiger partial charge in [-0.3, -0.25) is 0 Å². The molecule has 0 unspecified atom stereocenters. The highest BCUT2D eigenvalue weighted by atomic mass is 35.5. The van der Waals surface area contributed by atoms with Crippen molar-refractivity contribution in [2.75, 3.05) is 20.3 Å². The fourth-order valence-corrected chi connectivity index (χ4v) is 3.07. The summed E-state index contributed by atoms with van der Waals surface area (Å²) in [6.07, 6.45) is 2.67. The molecule has 3 rings (SSSR count). The number of halogens is 1. The number of hydrogen-bond donors (Lipinski definition) is 1. The van der Waals surface area contributed by atoms with Crippen LogP contribution in [-0.2, 0) is 19.6 Å². The number of benzene rings is 2. The van der Waals surface area contributed by atoms with Gasteiger partial charge in [0.25, 0.3) is 0 Å². The second-order valence-corrected chi connectivity index (χ2v) is 7.15. The van der Waals surface area contributed by atoms with Crippen molar-refractivity contribution in [1.82, 2.24) is 10.3 Å². The van der Waals surface area contributed by atoms with Gasteiger partial charge in [-0.1, -0.05) is 35.9 Å². The normalized spacial score (nSPS) is 10.6. The van der Waals surface area contributed by atoms with Crippen LogP contribution in [0.1, 0.15) is 23.6 Å². The number of nitrogens with one attached hydrogen (secondary N) is 1. The summed E-state index contributed by atoms with van der Waals surface area (Å²) >= 11 is 5.83. The monoisotopic (exact) mass is 426 g/mol. The first kappa shape index (κ1) is 21.9. The summed E-state index contributed by atoms with van der Waals surface area (Å²) in [5.41, 5.74) is 3.37. The van der Waals surface area contributed by atoms with Gasteiger partial charge in [0, 0.05) is 18.3 Å². The highest BCUT2D eigenvalue weighted by Gasteiger charge is 2.07. The van der Waals surface area contributed by atoms with E-state index >= 15 is 0 Å². The molecule has 0 saturated carbocycles. The molecule has 0 aliphatic rings. The van der Waals surface area contributed by atoms with Crippen molar-refractivity contribution in [3.63, 3.8) is 0 Å². The molecule has 0 radical (unpaired) electrons. The molecule has 0 atom stereocenters. The molecule has 3 aromatic rings. The summed E-state index contributed by atoms with van der Waals surface area (Å²) in [5.74, 6) is 2.34.